The molecule has 0 unspecified atom stereocenters. The van der Waals surface area contributed by atoms with Crippen molar-refractivity contribution in [2.75, 3.05) is 47.5 Å². The predicted octanol–water partition coefficient (Wildman–Crippen LogP) is 5.97. The highest BCUT2D eigenvalue weighted by Gasteiger charge is 2.53. The lowest BCUT2D eigenvalue weighted by Crippen LogP contribution is -2.59. The van der Waals surface area contributed by atoms with Crippen molar-refractivity contribution in [1.29, 1.82) is 5.26 Å². The Hall–Kier alpha value is -3.37. The molecule has 5 saturated heterocycles. The van der Waals surface area contributed by atoms with Gasteiger partial charge in [0.15, 0.2) is 30.3 Å². The Labute approximate surface area is 469 Å². The molecule has 21 heteroatoms. The normalized spacial score (nSPS) is 42.6. The van der Waals surface area contributed by atoms with Gasteiger partial charge in [-0.1, -0.05) is 48.5 Å². The molecule has 0 aliphatic carbocycles. The molecule has 5 rings (SSSR count). The molecule has 1 amide bonds. The smallest absolute Gasteiger partial charge is 0.410 e. The van der Waals surface area contributed by atoms with Gasteiger partial charge in [0.2, 0.25) is 0 Å². The maximum atomic E-state index is 15.9. The molecule has 5 fully saturated rings. The van der Waals surface area contributed by atoms with Gasteiger partial charge in [-0.2, -0.15) is 5.26 Å². The topological polar surface area (TPSA) is 250 Å². The first-order chi connectivity index (χ1) is 37.0. The van der Waals surface area contributed by atoms with Crippen molar-refractivity contribution in [3.63, 3.8) is 0 Å². The maximum Gasteiger partial charge on any atom is 0.410 e. The zero-order valence-electron chi connectivity index (χ0n) is 50.4. The predicted molar refractivity (Wildman–Crippen MR) is 288 cm³/mol. The fourth-order valence-electron chi connectivity index (χ4n) is 12.4. The Morgan fingerprint density at radius 2 is 1.42 bits per heavy atom. The van der Waals surface area contributed by atoms with E-state index < -0.39 is 145 Å². The van der Waals surface area contributed by atoms with Gasteiger partial charge in [0.05, 0.1) is 80.3 Å². The highest BCUT2D eigenvalue weighted by molar-refractivity contribution is 5.91. The summed E-state index contributed by atoms with van der Waals surface area (Å²) in [6, 6.07) is 2.03. The number of aliphatic hydroxyl groups excluding tert-OH is 2. The summed E-state index contributed by atoms with van der Waals surface area (Å²) in [6.45, 7) is 28.0. The van der Waals surface area contributed by atoms with Crippen LogP contribution in [0.2, 0.25) is 0 Å². The van der Waals surface area contributed by atoms with Gasteiger partial charge >= 0.3 is 18.0 Å². The lowest BCUT2D eigenvalue weighted by Gasteiger charge is -2.45. The summed E-state index contributed by atoms with van der Waals surface area (Å²) in [6.07, 6.45) is -12.8. The molecule has 5 aliphatic heterocycles. The van der Waals surface area contributed by atoms with Crippen LogP contribution in [0.25, 0.3) is 0 Å². The number of allylic oxidation sites excluding steroid dienone is 1. The van der Waals surface area contributed by atoms with Crippen molar-refractivity contribution < 1.29 is 86.2 Å². The van der Waals surface area contributed by atoms with Gasteiger partial charge in [0, 0.05) is 63.5 Å². The number of ketones is 1. The van der Waals surface area contributed by atoms with Crippen molar-refractivity contribution >= 4 is 23.8 Å². The number of nitrogens with zero attached hydrogens (tertiary/aromatic N) is 3. The molecule has 0 aromatic rings. The Morgan fingerprint density at radius 3 is 2.03 bits per heavy atom. The summed E-state index contributed by atoms with van der Waals surface area (Å²) in [4.78, 5) is 63.7. The minimum absolute atomic E-state index is 0.00753. The third-order valence-corrected chi connectivity index (χ3v) is 16.7. The number of ether oxygens (including phenoxy) is 12. The molecule has 79 heavy (non-hydrogen) atoms. The van der Waals surface area contributed by atoms with E-state index in [4.69, 9.17) is 56.8 Å². The molecule has 5 heterocycles. The van der Waals surface area contributed by atoms with E-state index in [0.29, 0.717) is 18.5 Å². The standard InChI is InChI=1S/C58H97N3O18/c1-29(2)21-43(62)75-49-38(11)48(31(4)28-70-56-52(69-18)51(68-17)45(63)41(14)74-56)77-54(66)40(13)50(76-44-22-32(5)60(16)25-34(7)72-44)37(10)47(78-55-46(64)42(19-20-59)23-33(6)73-55)30(3)24-58(15,53(65)39(49)12)79-57(67)61-26-35(8)71-36(9)27-61/h19,29-41,44-52,55-56,63-64H,21-28H2,1-18H3/b42-19+/t30-,31-,32-,33+,34-,35-,36+,37+,38-,39+,40+,41+,44-,45+,46+,47-,48+,49+,50-,51+,52+,55-,56+,58-/m0/s1. The molecule has 0 radical (unpaired) electrons. The van der Waals surface area contributed by atoms with E-state index in [2.05, 4.69) is 11.8 Å². The van der Waals surface area contributed by atoms with Crippen molar-refractivity contribution in [2.45, 2.75) is 239 Å². The van der Waals surface area contributed by atoms with Crippen LogP contribution in [0.4, 0.5) is 4.79 Å². The summed E-state index contributed by atoms with van der Waals surface area (Å²) in [5.41, 5.74) is -1.54. The lowest BCUT2D eigenvalue weighted by atomic mass is 9.74. The summed E-state index contributed by atoms with van der Waals surface area (Å²) in [5.74, 6) is -7.39. The number of Topliss-reactive ketones (excluding diaryl/α,β-unsaturated/α-hetero) is 1. The summed E-state index contributed by atoms with van der Waals surface area (Å²) in [7, 11) is 4.92. The monoisotopic (exact) mass is 1120 g/mol. The number of esters is 2. The molecule has 24 atom stereocenters. The number of amides is 1. The molecular formula is C58H97N3O18. The molecule has 0 bridgehead atoms. The van der Waals surface area contributed by atoms with Crippen LogP contribution in [0.5, 0.6) is 0 Å². The molecule has 0 aromatic heterocycles. The molecule has 21 nitrogen and oxygen atoms in total. The van der Waals surface area contributed by atoms with E-state index >= 15 is 9.59 Å². The van der Waals surface area contributed by atoms with Gasteiger partial charge in [-0.05, 0) is 92.7 Å². The number of nitriles is 1. The van der Waals surface area contributed by atoms with Crippen LogP contribution in [-0.2, 0) is 71.2 Å². The zero-order chi connectivity index (χ0) is 59.0. The van der Waals surface area contributed by atoms with E-state index in [1.807, 2.05) is 61.6 Å². The Morgan fingerprint density at radius 1 is 0.785 bits per heavy atom. The minimum atomic E-state index is -1.95. The SMILES string of the molecule is CO[C@@H]1[C@H](O)[C@@H](C)O[C@@H](OC[C@H](C)[C@H]2OC(=O)[C@H](C)[C@@H](O[C@H]3C[C@H](C)N(C)C[C@H](C)O3)[C@H](C)[C@@H](O[C@@H]3O[C@H](C)C/C(=C\C#N)[C@H]3O)[C@@H](C)C[C@](C)(OC(=O)N3C[C@@H](C)O[C@@H](C)C3)C(=O)[C@H](C)[C@H](OC(=O)CC(C)C)[C@H]2C)[C@@H]1OC. The third kappa shape index (κ3) is 16.9. The Kier molecular flexibility index (Phi) is 24.6. The average Bonchev–Trinajstić information content (AvgIpc) is 3.55. The number of aliphatic hydroxyl groups is 2. The van der Waals surface area contributed by atoms with E-state index in [-0.39, 0.29) is 69.2 Å². The van der Waals surface area contributed by atoms with Crippen molar-refractivity contribution in [3.05, 3.63) is 11.6 Å². The third-order valence-electron chi connectivity index (χ3n) is 16.7. The maximum absolute atomic E-state index is 15.9. The summed E-state index contributed by atoms with van der Waals surface area (Å²) >= 11 is 0. The molecule has 5 aliphatic rings. The summed E-state index contributed by atoms with van der Waals surface area (Å²) in [5, 5.41) is 32.5. The van der Waals surface area contributed by atoms with Crippen LogP contribution in [0.15, 0.2) is 11.6 Å². The number of rotatable bonds is 14. The number of cyclic esters (lactones) is 1. The van der Waals surface area contributed by atoms with E-state index in [1.165, 1.54) is 25.2 Å². The highest BCUT2D eigenvalue weighted by atomic mass is 16.7. The quantitative estimate of drug-likeness (QED) is 0.115. The summed E-state index contributed by atoms with van der Waals surface area (Å²) < 4.78 is 76.6. The average molecular weight is 1120 g/mol. The molecule has 452 valence electrons. The molecule has 0 saturated carbocycles. The first-order valence-electron chi connectivity index (χ1n) is 28.7. The van der Waals surface area contributed by atoms with E-state index in [9.17, 15) is 25.1 Å². The van der Waals surface area contributed by atoms with Crippen molar-refractivity contribution in [2.24, 2.45) is 41.4 Å². The van der Waals surface area contributed by atoms with Gasteiger partial charge in [-0.3, -0.25) is 14.4 Å². The molecule has 0 spiro atoms. The Bertz CT molecular complexity index is 2070. The van der Waals surface area contributed by atoms with E-state index in [0.717, 1.165) is 0 Å². The van der Waals surface area contributed by atoms with Crippen LogP contribution in [0.1, 0.15) is 130 Å². The number of carbonyl (C=O) groups is 4. The Balaban J connectivity index is 1.72. The minimum Gasteiger partial charge on any atom is -0.461 e. The molecule has 2 N–H and O–H groups in total. The number of methoxy groups -OCH3 is 2. The van der Waals surface area contributed by atoms with Crippen LogP contribution in [0, 0.1) is 52.8 Å². The van der Waals surface area contributed by atoms with Crippen LogP contribution >= 0.6 is 0 Å². The van der Waals surface area contributed by atoms with Gasteiger partial charge in [0.1, 0.15) is 36.6 Å². The first-order valence-corrected chi connectivity index (χ1v) is 28.7. The van der Waals surface area contributed by atoms with Crippen molar-refractivity contribution in [3.8, 4) is 6.07 Å². The van der Waals surface area contributed by atoms with Gasteiger partial charge in [-0.15, -0.1) is 0 Å². The van der Waals surface area contributed by atoms with Crippen LogP contribution in [-0.4, -0.2) is 201 Å². The fourth-order valence-corrected chi connectivity index (χ4v) is 12.4. The second-order valence-corrected chi connectivity index (χ2v) is 24.4. The number of likely N-dealkylation sites (N-methyl/N-ethyl adjacent to an activating group) is 1. The molecular weight excluding hydrogens is 1030 g/mol. The van der Waals surface area contributed by atoms with Gasteiger partial charge in [0.25, 0.3) is 0 Å². The second-order valence-electron chi connectivity index (χ2n) is 24.4. The second kappa shape index (κ2) is 29.2. The number of carbonyl (C=O) groups excluding carboxylic acids is 4. The van der Waals surface area contributed by atoms with Crippen LogP contribution < -0.4 is 0 Å². The number of morpholine rings is 1. The zero-order valence-corrected chi connectivity index (χ0v) is 50.4. The molecule has 0 aromatic carbocycles. The lowest BCUT2D eigenvalue weighted by molar-refractivity contribution is -0.305. The van der Waals surface area contributed by atoms with Crippen molar-refractivity contribution in [1.82, 2.24) is 9.80 Å². The highest BCUT2D eigenvalue weighted by Crippen LogP contribution is 2.41. The van der Waals surface area contributed by atoms with Crippen LogP contribution in [0.3, 0.4) is 0 Å². The van der Waals surface area contributed by atoms with Gasteiger partial charge < -0.3 is 76.9 Å². The largest absolute Gasteiger partial charge is 0.461 e. The van der Waals surface area contributed by atoms with Gasteiger partial charge in [-0.25, -0.2) is 4.79 Å². The fraction of sp³-hybridized carbons (Fsp3) is 0.879. The number of hydrogen-bond acceptors (Lipinski definition) is 20. The van der Waals surface area contributed by atoms with E-state index in [1.54, 1.807) is 48.5 Å². The first kappa shape index (κ1) is 66.4. The number of hydrogen-bond donors (Lipinski definition) is 2.